The van der Waals surface area contributed by atoms with Crippen molar-refractivity contribution in [3.05, 3.63) is 0 Å². The van der Waals surface area contributed by atoms with E-state index in [0.29, 0.717) is 13.1 Å². The molecule has 1 aliphatic rings. The Morgan fingerprint density at radius 3 is 1.39 bits per heavy atom. The highest BCUT2D eigenvalue weighted by Crippen LogP contribution is 2.54. The fourth-order valence-electron chi connectivity index (χ4n) is 4.78. The van der Waals surface area contributed by atoms with Crippen molar-refractivity contribution < 1.29 is 37.0 Å². The summed E-state index contributed by atoms with van der Waals surface area (Å²) in [5, 5.41) is 3.54. The Morgan fingerprint density at radius 1 is 0.652 bits per heavy atom. The second kappa shape index (κ2) is 21.5. The largest absolute Gasteiger partial charge is 0.373 e. The summed E-state index contributed by atoms with van der Waals surface area (Å²) in [4.78, 5) is 23.0. The van der Waals surface area contributed by atoms with Crippen LogP contribution in [0.3, 0.4) is 0 Å². The van der Waals surface area contributed by atoms with Crippen LogP contribution in [0.1, 0.15) is 104 Å². The molecule has 0 amide bonds. The lowest BCUT2D eigenvalue weighted by Gasteiger charge is -2.36. The molecule has 1 aliphatic heterocycles. The van der Waals surface area contributed by atoms with Crippen LogP contribution in [-0.4, -0.2) is 115 Å². The van der Waals surface area contributed by atoms with E-state index >= 15 is 0 Å². The third kappa shape index (κ3) is 32.0. The number of nitrogens with one attached hydrogen (secondary N) is 1. The Kier molecular flexibility index (Phi) is 22.2. The van der Waals surface area contributed by atoms with Crippen molar-refractivity contribution in [3.8, 4) is 0 Å². The molecular formula is C32H68N4O8P2. The lowest BCUT2D eigenvalue weighted by atomic mass is 9.96. The molecule has 1 N–H and O–H groups in total. The predicted molar refractivity (Wildman–Crippen MR) is 185 cm³/mol. The van der Waals surface area contributed by atoms with E-state index in [9.17, 15) is 9.13 Å². The predicted octanol–water partition coefficient (Wildman–Crippen LogP) is 6.52. The minimum Gasteiger partial charge on any atom is -0.370 e. The van der Waals surface area contributed by atoms with E-state index in [1.165, 1.54) is 0 Å². The average Bonchev–Trinajstić information content (AvgIpc) is 2.76. The first-order valence-corrected chi connectivity index (χ1v) is 18.6. The zero-order valence-corrected chi connectivity index (χ0v) is 33.6. The topological polar surface area (TPSA) is 127 Å². The van der Waals surface area contributed by atoms with E-state index in [1.54, 1.807) is 0 Å². The lowest BCUT2D eigenvalue weighted by Crippen LogP contribution is -2.47. The molecule has 0 spiro atoms. The Bertz CT molecular complexity index is 882. The number of carbonyl (C=O) groups excluding carboxylic acids is 2. The van der Waals surface area contributed by atoms with Gasteiger partial charge in [-0.3, -0.25) is 18.9 Å². The maximum Gasteiger partial charge on any atom is 0.373 e. The lowest BCUT2D eigenvalue weighted by molar-refractivity contribution is -0.191. The molecule has 1 fully saturated rings. The number of nitrogens with zero attached hydrogens (tertiary/aromatic N) is 3. The number of hydrogen-bond donors (Lipinski definition) is 1. The molecule has 0 unspecified atom stereocenters. The Morgan fingerprint density at radius 2 is 1.04 bits per heavy atom. The molecule has 1 saturated heterocycles. The quantitative estimate of drug-likeness (QED) is 0.277. The van der Waals surface area contributed by atoms with Crippen LogP contribution in [0.15, 0.2) is 0 Å². The number of ether oxygens (including phenoxy) is 1. The summed E-state index contributed by atoms with van der Waals surface area (Å²) in [7, 11) is -3.71. The van der Waals surface area contributed by atoms with Gasteiger partial charge in [-0.05, 0) is 88.5 Å². The van der Waals surface area contributed by atoms with Crippen LogP contribution < -0.4 is 5.32 Å². The van der Waals surface area contributed by atoms with E-state index < -0.39 is 18.8 Å². The van der Waals surface area contributed by atoms with Crippen LogP contribution in [0.5, 0.6) is 0 Å². The Hall–Kier alpha value is -0.610. The van der Waals surface area contributed by atoms with E-state index in [4.69, 9.17) is 27.9 Å². The molecule has 0 aliphatic carbocycles. The van der Waals surface area contributed by atoms with Gasteiger partial charge in [-0.25, -0.2) is 4.57 Å². The van der Waals surface area contributed by atoms with Gasteiger partial charge in [0.25, 0.3) is 0 Å². The van der Waals surface area contributed by atoms with Crippen molar-refractivity contribution in [1.82, 2.24) is 20.0 Å². The molecule has 0 bridgehead atoms. The number of hydrogen-bond acceptors (Lipinski definition) is 12. The third-order valence-corrected chi connectivity index (χ3v) is 8.10. The van der Waals surface area contributed by atoms with Crippen LogP contribution >= 0.6 is 16.3 Å². The van der Waals surface area contributed by atoms with E-state index in [0.717, 1.165) is 45.8 Å². The van der Waals surface area contributed by atoms with Gasteiger partial charge in [0.1, 0.15) is 13.0 Å². The highest BCUT2D eigenvalue weighted by Gasteiger charge is 2.37. The maximum absolute atomic E-state index is 13.8. The molecule has 0 aromatic heterocycles. The van der Waals surface area contributed by atoms with Gasteiger partial charge in [-0.1, -0.05) is 20.8 Å². The Labute approximate surface area is 282 Å². The summed E-state index contributed by atoms with van der Waals surface area (Å²) in [6.45, 7) is 38.2. The van der Waals surface area contributed by atoms with Crippen molar-refractivity contribution in [2.75, 3.05) is 71.9 Å². The molecule has 14 heteroatoms. The molecule has 0 saturated carbocycles. The van der Waals surface area contributed by atoms with Crippen molar-refractivity contribution >= 4 is 22.4 Å². The molecule has 46 heavy (non-hydrogen) atoms. The van der Waals surface area contributed by atoms with Crippen LogP contribution in [0.2, 0.25) is 0 Å². The van der Waals surface area contributed by atoms with E-state index in [1.807, 2.05) is 41.5 Å². The molecule has 0 aromatic rings. The van der Waals surface area contributed by atoms with Crippen molar-refractivity contribution in [1.29, 1.82) is 0 Å². The van der Waals surface area contributed by atoms with Gasteiger partial charge in [-0.2, -0.15) is 9.59 Å². The first-order valence-electron chi connectivity index (χ1n) is 16.1. The van der Waals surface area contributed by atoms with Gasteiger partial charge < -0.3 is 24.0 Å². The molecule has 1 heterocycles. The first-order chi connectivity index (χ1) is 20.6. The molecule has 0 radical (unpaired) electrons. The average molecular weight is 699 g/mol. The van der Waals surface area contributed by atoms with Crippen molar-refractivity contribution in [3.63, 3.8) is 0 Å². The van der Waals surface area contributed by atoms with Crippen molar-refractivity contribution in [2.24, 2.45) is 5.41 Å². The smallest absolute Gasteiger partial charge is 0.370 e. The molecule has 1 rings (SSSR count). The number of rotatable bonds is 8. The van der Waals surface area contributed by atoms with Crippen molar-refractivity contribution in [2.45, 2.75) is 126 Å². The van der Waals surface area contributed by atoms with Crippen LogP contribution in [0.4, 0.5) is 0 Å². The van der Waals surface area contributed by atoms with Gasteiger partial charge >= 0.3 is 22.4 Å². The highest BCUT2D eigenvalue weighted by molar-refractivity contribution is 7.53. The van der Waals surface area contributed by atoms with E-state index in [-0.39, 0.29) is 44.5 Å². The fraction of sp³-hybridized carbons (Fsp3) is 0.969. The SMILES string of the molecule is CC(C)(C)CN1CCNCCN(CP(=O)(OC(C)(C)C)OC(C)(C)C)CCN(COP=O)CC1.CC(C)(C)OC(C)(C)C.O=C=O. The normalized spacial score (nSPS) is 17.9. The van der Waals surface area contributed by atoms with Gasteiger partial charge in [0, 0.05) is 58.9 Å². The second-order valence-electron chi connectivity index (χ2n) is 16.7. The summed E-state index contributed by atoms with van der Waals surface area (Å²) in [5.74, 6) is 0. The summed E-state index contributed by atoms with van der Waals surface area (Å²) >= 11 is 0. The maximum atomic E-state index is 13.8. The van der Waals surface area contributed by atoms with Crippen LogP contribution in [-0.2, 0) is 37.0 Å². The summed E-state index contributed by atoms with van der Waals surface area (Å²) in [6, 6.07) is 0. The highest BCUT2D eigenvalue weighted by atomic mass is 31.2. The third-order valence-electron chi connectivity index (χ3n) is 5.48. The Balaban J connectivity index is 0. The molecule has 0 atom stereocenters. The molecule has 274 valence electrons. The van der Waals surface area contributed by atoms with Gasteiger partial charge in [0.05, 0.1) is 22.4 Å². The first kappa shape index (κ1) is 47.5. The summed E-state index contributed by atoms with van der Waals surface area (Å²) < 4.78 is 47.6. The zero-order chi connectivity index (χ0) is 36.5. The van der Waals surface area contributed by atoms with Crippen LogP contribution in [0, 0.1) is 5.41 Å². The van der Waals surface area contributed by atoms with Gasteiger partial charge in [-0.15, -0.1) is 0 Å². The monoisotopic (exact) mass is 698 g/mol. The van der Waals surface area contributed by atoms with E-state index in [2.05, 4.69) is 82.3 Å². The zero-order valence-electron chi connectivity index (χ0n) is 31.8. The minimum atomic E-state index is -3.39. The summed E-state index contributed by atoms with van der Waals surface area (Å²) in [5.41, 5.74) is -0.995. The molecule has 0 aromatic carbocycles. The minimum absolute atomic E-state index is 0.0156. The van der Waals surface area contributed by atoms with Gasteiger partial charge in [0.2, 0.25) is 0 Å². The summed E-state index contributed by atoms with van der Waals surface area (Å²) in [6.07, 6.45) is 0.466. The standard InChI is InChI=1S/C23H50N4O5P2.C8H18O.CO2/c1-21(2,3)18-25-12-10-24-11-13-27(17-16-26(15-14-25)19-30-33-28)20-34(29,31-22(4,5)6)32-23(7,8)9;1-7(2,3)9-8(4,5)6;2-1-3/h24H,10-20H2,1-9H3;1-6H3;. The fourth-order valence-corrected chi connectivity index (χ4v) is 7.58. The van der Waals surface area contributed by atoms with Gasteiger partial charge in [0.15, 0.2) is 0 Å². The molecular weight excluding hydrogens is 630 g/mol. The second-order valence-corrected chi connectivity index (χ2v) is 19.0. The molecule has 12 nitrogen and oxygen atoms in total. The van der Waals surface area contributed by atoms with Crippen LogP contribution in [0.25, 0.3) is 0 Å².